The van der Waals surface area contributed by atoms with Crippen molar-refractivity contribution < 1.29 is 14.3 Å². The molecule has 0 aliphatic carbocycles. The smallest absolute Gasteiger partial charge is 0.408 e. The van der Waals surface area contributed by atoms with Crippen molar-refractivity contribution in [1.82, 2.24) is 15.1 Å². The Balaban J connectivity index is 2.34. The van der Waals surface area contributed by atoms with Crippen molar-refractivity contribution >= 4 is 17.7 Å². The van der Waals surface area contributed by atoms with E-state index in [2.05, 4.69) is 28.9 Å². The molecule has 7 heteroatoms. The number of aryl methyl sites for hydroxylation is 1. The van der Waals surface area contributed by atoms with Crippen molar-refractivity contribution in [2.75, 3.05) is 5.32 Å². The van der Waals surface area contributed by atoms with Crippen LogP contribution in [0.4, 0.5) is 10.5 Å². The second-order valence-electron chi connectivity index (χ2n) is 8.39. The maximum Gasteiger partial charge on any atom is 0.408 e. The van der Waals surface area contributed by atoms with E-state index in [1.54, 1.807) is 30.0 Å². The van der Waals surface area contributed by atoms with Crippen LogP contribution in [0.25, 0.3) is 11.3 Å². The molecule has 0 saturated carbocycles. The largest absolute Gasteiger partial charge is 0.444 e. The molecule has 2 rings (SSSR count). The topological polar surface area (TPSA) is 85.2 Å². The molecule has 31 heavy (non-hydrogen) atoms. The number of hydrogen-bond donors (Lipinski definition) is 2. The Bertz CT molecular complexity index is 956. The number of nitrogens with one attached hydrogen (secondary N) is 2. The van der Waals surface area contributed by atoms with Gasteiger partial charge in [-0.1, -0.05) is 37.3 Å². The number of rotatable bonds is 8. The van der Waals surface area contributed by atoms with Gasteiger partial charge in [0.2, 0.25) is 5.91 Å². The molecule has 2 amide bonds. The Morgan fingerprint density at radius 2 is 2.00 bits per heavy atom. The van der Waals surface area contributed by atoms with Crippen LogP contribution >= 0.6 is 0 Å². The van der Waals surface area contributed by atoms with Gasteiger partial charge in [-0.3, -0.25) is 9.48 Å². The van der Waals surface area contributed by atoms with E-state index < -0.39 is 11.7 Å². The first kappa shape index (κ1) is 23.9. The summed E-state index contributed by atoms with van der Waals surface area (Å²) in [4.78, 5) is 24.7. The molecule has 0 fully saturated rings. The SMILES string of the molecule is C=CCC(NC(=O)OC(C)(C)C)c1cccc(-c2c(NC(=O)C(C)C=C)cnn2C)c1. The van der Waals surface area contributed by atoms with Gasteiger partial charge < -0.3 is 15.4 Å². The minimum atomic E-state index is -0.588. The molecular formula is C24H32N4O3. The Morgan fingerprint density at radius 3 is 2.61 bits per heavy atom. The molecule has 1 heterocycles. The van der Waals surface area contributed by atoms with Gasteiger partial charge in [-0.25, -0.2) is 4.79 Å². The summed E-state index contributed by atoms with van der Waals surface area (Å²) < 4.78 is 7.10. The van der Waals surface area contributed by atoms with E-state index in [1.165, 1.54) is 0 Å². The second kappa shape index (κ2) is 10.1. The molecule has 2 atom stereocenters. The normalized spacial score (nSPS) is 13.1. The van der Waals surface area contributed by atoms with Crippen molar-refractivity contribution in [2.45, 2.75) is 45.8 Å². The van der Waals surface area contributed by atoms with Gasteiger partial charge in [-0.15, -0.1) is 13.2 Å². The molecule has 0 radical (unpaired) electrons. The van der Waals surface area contributed by atoms with Crippen LogP contribution in [0.2, 0.25) is 0 Å². The summed E-state index contributed by atoms with van der Waals surface area (Å²) >= 11 is 0. The molecule has 1 aromatic carbocycles. The van der Waals surface area contributed by atoms with Crippen LogP contribution < -0.4 is 10.6 Å². The molecular weight excluding hydrogens is 392 g/mol. The summed E-state index contributed by atoms with van der Waals surface area (Å²) in [6.07, 6.45) is 5.01. The van der Waals surface area contributed by atoms with Gasteiger partial charge in [0.15, 0.2) is 0 Å². The molecule has 2 N–H and O–H groups in total. The summed E-state index contributed by atoms with van der Waals surface area (Å²) in [5, 5.41) is 10.1. The van der Waals surface area contributed by atoms with Crippen molar-refractivity contribution in [1.29, 1.82) is 0 Å². The molecule has 0 aliphatic rings. The number of amides is 2. The molecule has 2 unspecified atom stereocenters. The van der Waals surface area contributed by atoms with Crippen molar-refractivity contribution in [3.8, 4) is 11.3 Å². The molecule has 0 saturated heterocycles. The molecule has 0 spiro atoms. The zero-order valence-electron chi connectivity index (χ0n) is 18.9. The fourth-order valence-electron chi connectivity index (χ4n) is 3.02. The fourth-order valence-corrected chi connectivity index (χ4v) is 3.02. The van der Waals surface area contributed by atoms with Crippen LogP contribution in [0, 0.1) is 5.92 Å². The lowest BCUT2D eigenvalue weighted by Gasteiger charge is -2.23. The molecule has 2 aromatic rings. The number of carbonyl (C=O) groups is 2. The lowest BCUT2D eigenvalue weighted by atomic mass is 9.99. The van der Waals surface area contributed by atoms with E-state index in [-0.39, 0.29) is 17.9 Å². The van der Waals surface area contributed by atoms with Gasteiger partial charge in [-0.05, 0) is 38.8 Å². The van der Waals surface area contributed by atoms with Gasteiger partial charge in [0.05, 0.1) is 29.5 Å². The van der Waals surface area contributed by atoms with Gasteiger partial charge in [0.25, 0.3) is 0 Å². The first-order chi connectivity index (χ1) is 14.6. The van der Waals surface area contributed by atoms with E-state index in [0.717, 1.165) is 16.8 Å². The number of anilines is 1. The van der Waals surface area contributed by atoms with E-state index in [9.17, 15) is 9.59 Å². The van der Waals surface area contributed by atoms with E-state index in [1.807, 2.05) is 52.1 Å². The highest BCUT2D eigenvalue weighted by atomic mass is 16.6. The molecule has 7 nitrogen and oxygen atoms in total. The first-order valence-corrected chi connectivity index (χ1v) is 10.2. The number of ether oxygens (including phenoxy) is 1. The summed E-state index contributed by atoms with van der Waals surface area (Å²) in [6.45, 7) is 14.7. The van der Waals surface area contributed by atoms with Crippen LogP contribution in [0.1, 0.15) is 45.7 Å². The summed E-state index contributed by atoms with van der Waals surface area (Å²) in [7, 11) is 1.81. The minimum Gasteiger partial charge on any atom is -0.444 e. The summed E-state index contributed by atoms with van der Waals surface area (Å²) in [5.41, 5.74) is 2.54. The Labute approximate surface area is 184 Å². The maximum absolute atomic E-state index is 12.3. The maximum atomic E-state index is 12.3. The lowest BCUT2D eigenvalue weighted by Crippen LogP contribution is -2.34. The predicted octanol–water partition coefficient (Wildman–Crippen LogP) is 4.99. The van der Waals surface area contributed by atoms with E-state index in [0.29, 0.717) is 12.1 Å². The third kappa shape index (κ3) is 6.57. The standard InChI is InChI=1S/C24H32N4O3/c1-8-11-19(27-23(30)31-24(4,5)6)17-12-10-13-18(14-17)21-20(15-25-28(21)7)26-22(29)16(3)9-2/h8-10,12-16,19H,1-2,11H2,3-7H3,(H,26,29)(H,27,30). The monoisotopic (exact) mass is 424 g/mol. The van der Waals surface area contributed by atoms with Gasteiger partial charge in [0, 0.05) is 12.6 Å². The van der Waals surface area contributed by atoms with Crippen LogP contribution in [-0.4, -0.2) is 27.4 Å². The quantitative estimate of drug-likeness (QED) is 0.585. The first-order valence-electron chi connectivity index (χ1n) is 10.2. The number of hydrogen-bond acceptors (Lipinski definition) is 4. The van der Waals surface area contributed by atoms with Gasteiger partial charge in [0.1, 0.15) is 5.60 Å². The Morgan fingerprint density at radius 1 is 1.29 bits per heavy atom. The molecule has 166 valence electrons. The highest BCUT2D eigenvalue weighted by Crippen LogP contribution is 2.30. The molecule has 1 aromatic heterocycles. The van der Waals surface area contributed by atoms with Crippen molar-refractivity contribution in [3.63, 3.8) is 0 Å². The lowest BCUT2D eigenvalue weighted by molar-refractivity contribution is -0.118. The van der Waals surface area contributed by atoms with Crippen LogP contribution in [0.15, 0.2) is 55.8 Å². The van der Waals surface area contributed by atoms with Crippen LogP contribution in [0.3, 0.4) is 0 Å². The zero-order valence-corrected chi connectivity index (χ0v) is 18.9. The minimum absolute atomic E-state index is 0.156. The van der Waals surface area contributed by atoms with E-state index >= 15 is 0 Å². The van der Waals surface area contributed by atoms with Gasteiger partial charge in [-0.2, -0.15) is 5.10 Å². The predicted molar refractivity (Wildman–Crippen MR) is 124 cm³/mol. The fraction of sp³-hybridized carbons (Fsp3) is 0.375. The highest BCUT2D eigenvalue weighted by Gasteiger charge is 2.21. The van der Waals surface area contributed by atoms with Crippen LogP contribution in [-0.2, 0) is 16.6 Å². The Kier molecular flexibility index (Phi) is 7.80. The number of benzene rings is 1. The second-order valence-corrected chi connectivity index (χ2v) is 8.39. The number of alkyl carbamates (subject to hydrolysis) is 1. The van der Waals surface area contributed by atoms with Crippen LogP contribution in [0.5, 0.6) is 0 Å². The highest BCUT2D eigenvalue weighted by molar-refractivity contribution is 5.96. The molecule has 0 aliphatic heterocycles. The zero-order chi connectivity index (χ0) is 23.2. The number of carbonyl (C=O) groups excluding carboxylic acids is 2. The molecule has 0 bridgehead atoms. The van der Waals surface area contributed by atoms with Crippen molar-refractivity contribution in [2.24, 2.45) is 13.0 Å². The average Bonchev–Trinajstić information content (AvgIpc) is 3.05. The number of nitrogens with zero attached hydrogens (tertiary/aromatic N) is 2. The number of aromatic nitrogens is 2. The third-order valence-electron chi connectivity index (χ3n) is 4.62. The summed E-state index contributed by atoms with van der Waals surface area (Å²) in [6, 6.07) is 7.44. The summed E-state index contributed by atoms with van der Waals surface area (Å²) in [5.74, 6) is -0.481. The van der Waals surface area contributed by atoms with Gasteiger partial charge >= 0.3 is 6.09 Å². The average molecular weight is 425 g/mol. The van der Waals surface area contributed by atoms with Crippen molar-refractivity contribution in [3.05, 3.63) is 61.3 Å². The van der Waals surface area contributed by atoms with E-state index in [4.69, 9.17) is 4.74 Å². The Hall–Kier alpha value is -3.35. The third-order valence-corrected chi connectivity index (χ3v) is 4.62.